The largest absolute Gasteiger partial charge is 0.417 e. The van der Waals surface area contributed by atoms with E-state index >= 15 is 13.2 Å². The average molecular weight is 1020 g/mol. The number of rotatable bonds is 6. The number of aromatic nitrogens is 2. The van der Waals surface area contributed by atoms with Crippen molar-refractivity contribution >= 4 is 43.6 Å². The van der Waals surface area contributed by atoms with Crippen molar-refractivity contribution < 1.29 is 26.3 Å². The normalized spacial score (nSPS) is 11.4. The number of halogens is 6. The average Bonchev–Trinajstić information content (AvgIpc) is 4.07. The van der Waals surface area contributed by atoms with Crippen molar-refractivity contribution in [2.45, 2.75) is 12.4 Å². The number of hydrogen-bond acceptors (Lipinski definition) is 7. The molecule has 0 aliphatic rings. The molecule has 0 aliphatic heterocycles. The molecule has 0 unspecified atom stereocenters. The second-order valence-electron chi connectivity index (χ2n) is 18.1. The first-order valence-electron chi connectivity index (χ1n) is 23.4. The Hall–Kier alpha value is -11.4. The number of benzene rings is 9. The van der Waals surface area contributed by atoms with Gasteiger partial charge in [0, 0.05) is 43.8 Å². The molecule has 0 radical (unpaired) electrons. The van der Waals surface area contributed by atoms with Crippen LogP contribution in [0.15, 0.2) is 164 Å². The van der Waals surface area contributed by atoms with E-state index in [0.29, 0.717) is 77.8 Å². The van der Waals surface area contributed by atoms with E-state index in [9.17, 15) is 50.0 Å². The molecule has 0 amide bonds. The van der Waals surface area contributed by atoms with Crippen molar-refractivity contribution in [2.75, 3.05) is 0 Å². The predicted molar refractivity (Wildman–Crippen MR) is 280 cm³/mol. The van der Waals surface area contributed by atoms with Crippen LogP contribution in [0.3, 0.4) is 0 Å². The number of nitriles is 7. The molecule has 0 N–H and O–H groups in total. The number of hydrogen-bond donors (Lipinski definition) is 0. The Morgan fingerprint density at radius 2 is 0.769 bits per heavy atom. The fraction of sp³-hybridized carbons (Fsp3) is 0.0317. The van der Waals surface area contributed by atoms with Gasteiger partial charge in [-0.1, -0.05) is 66.7 Å². The van der Waals surface area contributed by atoms with E-state index in [1.807, 2.05) is 59.2 Å². The first-order valence-corrected chi connectivity index (χ1v) is 23.4. The molecule has 0 aliphatic carbocycles. The molecular formula is C63H27F6N9. The number of nitrogens with zero attached hydrogens (tertiary/aromatic N) is 9. The SMILES string of the molecule is N#Cc1cc(C#N)c(-c2ccc3c(c2)c2ccccc2n3-c2ccc(C#N)cc2-c2ccc(-c3ccc(C(F)(F)F)cc3C(F)(F)F)cc2-n2c3ccccc3c3cc(-c4c(C#N)cc(C#N)cc4C#N)ccc32)c(C#N)c1. The second kappa shape index (κ2) is 18.5. The number of fused-ring (bicyclic) bond motifs is 6. The predicted octanol–water partition coefficient (Wildman–Crippen LogP) is 15.7. The van der Waals surface area contributed by atoms with Gasteiger partial charge in [-0.05, 0) is 119 Å². The van der Waals surface area contributed by atoms with Crippen LogP contribution in [-0.4, -0.2) is 9.13 Å². The molecule has 0 saturated carbocycles. The Morgan fingerprint density at radius 3 is 1.23 bits per heavy atom. The lowest BCUT2D eigenvalue weighted by atomic mass is 9.92. The Kier molecular flexibility index (Phi) is 11.6. The molecule has 78 heavy (non-hydrogen) atoms. The summed E-state index contributed by atoms with van der Waals surface area (Å²) in [6.45, 7) is 0. The fourth-order valence-electron chi connectivity index (χ4n) is 10.5. The van der Waals surface area contributed by atoms with Crippen LogP contribution in [0, 0.1) is 79.3 Å². The highest BCUT2D eigenvalue weighted by Crippen LogP contribution is 2.47. The summed E-state index contributed by atoms with van der Waals surface area (Å²) in [5.41, 5.74) is 2.63. The summed E-state index contributed by atoms with van der Waals surface area (Å²) in [6.07, 6.45) is -10.3. The van der Waals surface area contributed by atoms with Crippen LogP contribution in [-0.2, 0) is 12.4 Å². The van der Waals surface area contributed by atoms with Gasteiger partial charge in [0.2, 0.25) is 0 Å². The quantitative estimate of drug-likeness (QED) is 0.149. The number of alkyl halides is 6. The molecule has 0 fully saturated rings. The van der Waals surface area contributed by atoms with Crippen molar-refractivity contribution in [1.29, 1.82) is 36.8 Å². The first-order chi connectivity index (χ1) is 37.6. The minimum absolute atomic E-state index is 0.0694. The first kappa shape index (κ1) is 48.8. The van der Waals surface area contributed by atoms with E-state index in [2.05, 4.69) is 30.3 Å². The topological polar surface area (TPSA) is 176 Å². The van der Waals surface area contributed by atoms with Crippen LogP contribution in [0.5, 0.6) is 0 Å². The van der Waals surface area contributed by atoms with E-state index in [1.54, 1.807) is 71.3 Å². The molecular weight excluding hydrogens is 997 g/mol. The zero-order valence-corrected chi connectivity index (χ0v) is 39.9. The smallest absolute Gasteiger partial charge is 0.309 e. The molecule has 0 atom stereocenters. The molecule has 366 valence electrons. The highest BCUT2D eigenvalue weighted by Gasteiger charge is 2.39. The van der Waals surface area contributed by atoms with Gasteiger partial charge in [-0.2, -0.15) is 63.2 Å². The maximum atomic E-state index is 15.0. The van der Waals surface area contributed by atoms with Crippen molar-refractivity contribution in [2.24, 2.45) is 0 Å². The van der Waals surface area contributed by atoms with Crippen LogP contribution in [0.1, 0.15) is 50.1 Å². The molecule has 11 rings (SSSR count). The Bertz CT molecular complexity index is 4690. The third-order valence-electron chi connectivity index (χ3n) is 13.8. The summed E-state index contributed by atoms with van der Waals surface area (Å²) >= 11 is 0. The third-order valence-corrected chi connectivity index (χ3v) is 13.8. The fourth-order valence-corrected chi connectivity index (χ4v) is 10.5. The molecule has 9 aromatic carbocycles. The lowest BCUT2D eigenvalue weighted by molar-refractivity contribution is -0.142. The van der Waals surface area contributed by atoms with E-state index in [0.717, 1.165) is 11.5 Å². The summed E-state index contributed by atoms with van der Waals surface area (Å²) < 4.78 is 91.0. The van der Waals surface area contributed by atoms with Crippen LogP contribution in [0.2, 0.25) is 0 Å². The zero-order chi connectivity index (χ0) is 54.8. The maximum absolute atomic E-state index is 15.0. The second-order valence-corrected chi connectivity index (χ2v) is 18.1. The molecule has 0 bridgehead atoms. The van der Waals surface area contributed by atoms with E-state index in [4.69, 9.17) is 0 Å². The Labute approximate surface area is 438 Å². The van der Waals surface area contributed by atoms with Crippen LogP contribution in [0.25, 0.3) is 99.5 Å². The molecule has 9 nitrogen and oxygen atoms in total. The van der Waals surface area contributed by atoms with Gasteiger partial charge >= 0.3 is 12.4 Å². The molecule has 11 aromatic rings. The van der Waals surface area contributed by atoms with Crippen LogP contribution >= 0.6 is 0 Å². The van der Waals surface area contributed by atoms with E-state index in [1.165, 1.54) is 36.4 Å². The monoisotopic (exact) mass is 1020 g/mol. The van der Waals surface area contributed by atoms with Gasteiger partial charge < -0.3 is 9.13 Å². The summed E-state index contributed by atoms with van der Waals surface area (Å²) in [5.74, 6) is 0. The van der Waals surface area contributed by atoms with Crippen LogP contribution < -0.4 is 0 Å². The molecule has 2 heterocycles. The van der Waals surface area contributed by atoms with Crippen LogP contribution in [0.4, 0.5) is 26.3 Å². The van der Waals surface area contributed by atoms with Gasteiger partial charge in [0.05, 0.1) is 126 Å². The maximum Gasteiger partial charge on any atom is 0.417 e. The Morgan fingerprint density at radius 1 is 0.321 bits per heavy atom. The highest BCUT2D eigenvalue weighted by molar-refractivity contribution is 6.13. The van der Waals surface area contributed by atoms with Gasteiger partial charge in [-0.25, -0.2) is 0 Å². The van der Waals surface area contributed by atoms with E-state index in [-0.39, 0.29) is 61.8 Å². The molecule has 2 aromatic heterocycles. The summed E-state index contributed by atoms with van der Waals surface area (Å²) in [5, 5.41) is 73.4. The lowest BCUT2D eigenvalue weighted by Crippen LogP contribution is -2.12. The lowest BCUT2D eigenvalue weighted by Gasteiger charge is -2.21. The van der Waals surface area contributed by atoms with E-state index < -0.39 is 29.0 Å². The standard InChI is InChI=1S/C63H27F6N9/c64-62(65,66)45-13-15-46(53(27-45)63(67,68)69)38-10-14-49(59(26-38)78-55-8-4-2-6-48(55)52-25-40(12-18-58(52)78)61-43(33-75)21-37(30-72)22-44(61)34-76)50-23-35(28-70)9-16-56(50)77-54-7-3-1-5-47(54)51-24-39(11-17-57(51)77)60-41(31-73)19-36(29-71)20-42(60)32-74/h1-27H. The van der Waals surface area contributed by atoms with Gasteiger partial charge in [-0.15, -0.1) is 0 Å². The zero-order valence-electron chi connectivity index (χ0n) is 39.9. The van der Waals surface area contributed by atoms with Crippen molar-refractivity contribution in [3.05, 3.63) is 214 Å². The van der Waals surface area contributed by atoms with Gasteiger partial charge in [0.1, 0.15) is 0 Å². The number of para-hydroxylation sites is 2. The van der Waals surface area contributed by atoms with Crippen molar-refractivity contribution in [3.8, 4) is 98.4 Å². The minimum Gasteiger partial charge on any atom is -0.309 e. The minimum atomic E-state index is -5.23. The summed E-state index contributed by atoms with van der Waals surface area (Å²) in [4.78, 5) is 0. The van der Waals surface area contributed by atoms with Crippen molar-refractivity contribution in [1.82, 2.24) is 9.13 Å². The summed E-state index contributed by atoms with van der Waals surface area (Å²) in [7, 11) is 0. The summed E-state index contributed by atoms with van der Waals surface area (Å²) in [6, 6.07) is 56.2. The van der Waals surface area contributed by atoms with Gasteiger partial charge in [0.15, 0.2) is 0 Å². The molecule has 15 heteroatoms. The molecule has 0 saturated heterocycles. The Balaban J connectivity index is 1.23. The van der Waals surface area contributed by atoms with Crippen molar-refractivity contribution in [3.63, 3.8) is 0 Å². The van der Waals surface area contributed by atoms with Gasteiger partial charge in [0.25, 0.3) is 0 Å². The third kappa shape index (κ3) is 7.92. The highest BCUT2D eigenvalue weighted by atomic mass is 19.4. The molecule has 0 spiro atoms. The van der Waals surface area contributed by atoms with Gasteiger partial charge in [-0.3, -0.25) is 0 Å².